The molecule has 0 amide bonds. The topological polar surface area (TPSA) is 63.6 Å². The minimum absolute atomic E-state index is 0.176. The molecule has 0 aromatic carbocycles. The van der Waals surface area contributed by atoms with Crippen LogP contribution in [0.5, 0.6) is 0 Å². The number of ether oxygens (including phenoxy) is 1. The van der Waals surface area contributed by atoms with Gasteiger partial charge in [0.15, 0.2) is 0 Å². The summed E-state index contributed by atoms with van der Waals surface area (Å²) in [5.74, 6) is -0.0978. The molecule has 0 aromatic rings. The molecule has 0 aromatic heterocycles. The SMILES string of the molecule is COC(=O)C12C[C@@H]3CC[C@@H](CC(C(=O)O)(C3)C1)C2. The minimum atomic E-state index is -0.702. The number of carbonyl (C=O) groups excluding carboxylic acids is 1. The molecule has 2 unspecified atom stereocenters. The molecule has 4 atom stereocenters. The number of carbonyl (C=O) groups is 2. The zero-order chi connectivity index (χ0) is 13.0. The second-order valence-electron chi connectivity index (χ2n) is 6.66. The van der Waals surface area contributed by atoms with Crippen LogP contribution in [-0.2, 0) is 14.3 Å². The molecule has 0 saturated heterocycles. The van der Waals surface area contributed by atoms with E-state index in [4.69, 9.17) is 4.74 Å². The Morgan fingerprint density at radius 1 is 1.06 bits per heavy atom. The maximum atomic E-state index is 12.2. The van der Waals surface area contributed by atoms with E-state index in [2.05, 4.69) is 0 Å². The van der Waals surface area contributed by atoms with Crippen molar-refractivity contribution in [2.24, 2.45) is 22.7 Å². The smallest absolute Gasteiger partial charge is 0.311 e. The second-order valence-corrected chi connectivity index (χ2v) is 6.66. The molecule has 0 spiro atoms. The first-order valence-corrected chi connectivity index (χ1v) is 6.82. The van der Waals surface area contributed by atoms with Crippen LogP contribution in [0.3, 0.4) is 0 Å². The first kappa shape index (κ1) is 12.0. The van der Waals surface area contributed by atoms with Crippen molar-refractivity contribution in [1.82, 2.24) is 0 Å². The third-order valence-corrected chi connectivity index (χ3v) is 5.45. The highest BCUT2D eigenvalue weighted by Gasteiger charge is 2.61. The van der Waals surface area contributed by atoms with Gasteiger partial charge in [0.25, 0.3) is 0 Å². The quantitative estimate of drug-likeness (QED) is 0.765. The lowest BCUT2D eigenvalue weighted by atomic mass is 9.51. The number of fused-ring (bicyclic) bond motifs is 1. The highest BCUT2D eigenvalue weighted by Crippen LogP contribution is 2.63. The van der Waals surface area contributed by atoms with Crippen LogP contribution in [-0.4, -0.2) is 24.2 Å². The lowest BCUT2D eigenvalue weighted by molar-refractivity contribution is -0.175. The number of carboxylic acid groups (broad SMARTS) is 1. The maximum Gasteiger partial charge on any atom is 0.311 e. The standard InChI is InChI=1S/C14H20O4/c1-18-12(17)14-6-9-2-3-10(7-14)5-13(4-9,8-14)11(15)16/h9-10H,2-8H2,1H3,(H,15,16)/t9-,10+,13?,14?. The molecule has 18 heavy (non-hydrogen) atoms. The molecule has 0 aliphatic heterocycles. The van der Waals surface area contributed by atoms with E-state index in [0.717, 1.165) is 38.5 Å². The van der Waals surface area contributed by atoms with Gasteiger partial charge in [0.1, 0.15) is 0 Å². The van der Waals surface area contributed by atoms with Gasteiger partial charge in [0.2, 0.25) is 0 Å². The lowest BCUT2D eigenvalue weighted by Gasteiger charge is -2.51. The van der Waals surface area contributed by atoms with E-state index >= 15 is 0 Å². The summed E-state index contributed by atoms with van der Waals surface area (Å²) in [6.45, 7) is 0. The normalized spacial score (nSPS) is 45.6. The summed E-state index contributed by atoms with van der Waals surface area (Å²) < 4.78 is 4.98. The zero-order valence-corrected chi connectivity index (χ0v) is 10.8. The zero-order valence-electron chi connectivity index (χ0n) is 10.8. The number of methoxy groups -OCH3 is 1. The summed E-state index contributed by atoms with van der Waals surface area (Å²) in [7, 11) is 1.42. The highest BCUT2D eigenvalue weighted by molar-refractivity contribution is 5.81. The van der Waals surface area contributed by atoms with Crippen LogP contribution in [0.15, 0.2) is 0 Å². The van der Waals surface area contributed by atoms with Crippen molar-refractivity contribution in [2.75, 3.05) is 7.11 Å². The van der Waals surface area contributed by atoms with E-state index in [-0.39, 0.29) is 5.97 Å². The van der Waals surface area contributed by atoms with Crippen LogP contribution in [0.4, 0.5) is 0 Å². The molecule has 0 radical (unpaired) electrons. The van der Waals surface area contributed by atoms with Gasteiger partial charge < -0.3 is 9.84 Å². The van der Waals surface area contributed by atoms with Gasteiger partial charge in [-0.05, 0) is 43.9 Å². The molecule has 100 valence electrons. The number of rotatable bonds is 2. The predicted molar refractivity (Wildman–Crippen MR) is 63.8 cm³/mol. The van der Waals surface area contributed by atoms with E-state index in [9.17, 15) is 14.7 Å². The van der Waals surface area contributed by atoms with Crippen molar-refractivity contribution in [3.05, 3.63) is 0 Å². The van der Waals surface area contributed by atoms with E-state index in [1.807, 2.05) is 0 Å². The molecule has 4 aliphatic rings. The van der Waals surface area contributed by atoms with Crippen molar-refractivity contribution in [2.45, 2.75) is 44.9 Å². The average molecular weight is 252 g/mol. The largest absolute Gasteiger partial charge is 0.481 e. The summed E-state index contributed by atoms with van der Waals surface area (Å²) in [4.78, 5) is 23.9. The number of hydrogen-bond acceptors (Lipinski definition) is 3. The maximum absolute atomic E-state index is 12.2. The molecule has 1 N–H and O–H groups in total. The van der Waals surface area contributed by atoms with E-state index < -0.39 is 16.8 Å². The number of carboxylic acids is 1. The van der Waals surface area contributed by atoms with Gasteiger partial charge in [0.05, 0.1) is 17.9 Å². The van der Waals surface area contributed by atoms with Gasteiger partial charge in [-0.25, -0.2) is 0 Å². The summed E-state index contributed by atoms with van der Waals surface area (Å²) in [6.07, 6.45) is 5.86. The van der Waals surface area contributed by atoms with Crippen LogP contribution in [0, 0.1) is 22.7 Å². The molecular formula is C14H20O4. The third-order valence-electron chi connectivity index (χ3n) is 5.45. The molecule has 4 bridgehead atoms. The Kier molecular flexibility index (Phi) is 2.48. The van der Waals surface area contributed by atoms with Gasteiger partial charge in [-0.3, -0.25) is 9.59 Å². The average Bonchev–Trinajstić information content (AvgIpc) is 2.54. The van der Waals surface area contributed by atoms with Gasteiger partial charge in [-0.2, -0.15) is 0 Å². The molecule has 4 saturated carbocycles. The predicted octanol–water partition coefficient (Wildman–Crippen LogP) is 2.22. The minimum Gasteiger partial charge on any atom is -0.481 e. The lowest BCUT2D eigenvalue weighted by Crippen LogP contribution is -2.52. The van der Waals surface area contributed by atoms with E-state index in [1.165, 1.54) is 7.11 Å². The van der Waals surface area contributed by atoms with Gasteiger partial charge in [-0.15, -0.1) is 0 Å². The summed E-state index contributed by atoms with van der Waals surface area (Å²) in [5, 5.41) is 9.62. The molecule has 4 nitrogen and oxygen atoms in total. The van der Waals surface area contributed by atoms with Gasteiger partial charge in [-0.1, -0.05) is 12.8 Å². The van der Waals surface area contributed by atoms with Crippen molar-refractivity contribution >= 4 is 11.9 Å². The summed E-state index contributed by atoms with van der Waals surface area (Å²) in [6, 6.07) is 0. The Morgan fingerprint density at radius 2 is 1.56 bits per heavy atom. The highest BCUT2D eigenvalue weighted by atomic mass is 16.5. The molecule has 4 fully saturated rings. The van der Waals surface area contributed by atoms with Gasteiger partial charge >= 0.3 is 11.9 Å². The fourth-order valence-electron chi connectivity index (χ4n) is 5.04. The van der Waals surface area contributed by atoms with Crippen molar-refractivity contribution < 1.29 is 19.4 Å². The Labute approximate surface area is 107 Å². The molecule has 4 heteroatoms. The molecular weight excluding hydrogens is 232 g/mol. The number of esters is 1. The fraction of sp³-hybridized carbons (Fsp3) is 0.857. The monoisotopic (exact) mass is 252 g/mol. The van der Waals surface area contributed by atoms with E-state index in [1.54, 1.807) is 0 Å². The Balaban J connectivity index is 2.04. The Bertz CT molecular complexity index is 385. The first-order valence-electron chi connectivity index (χ1n) is 6.82. The van der Waals surface area contributed by atoms with E-state index in [0.29, 0.717) is 18.3 Å². The fourth-order valence-corrected chi connectivity index (χ4v) is 5.04. The molecule has 4 aliphatic carbocycles. The summed E-state index contributed by atoms with van der Waals surface area (Å²) in [5.41, 5.74) is -1.16. The second kappa shape index (κ2) is 3.72. The molecule has 4 rings (SSSR count). The van der Waals surface area contributed by atoms with Crippen LogP contribution < -0.4 is 0 Å². The van der Waals surface area contributed by atoms with Crippen LogP contribution >= 0.6 is 0 Å². The summed E-state index contributed by atoms with van der Waals surface area (Å²) >= 11 is 0. The van der Waals surface area contributed by atoms with Crippen LogP contribution in [0.25, 0.3) is 0 Å². The third kappa shape index (κ3) is 1.50. The Morgan fingerprint density at radius 3 is 2.00 bits per heavy atom. The van der Waals surface area contributed by atoms with Crippen molar-refractivity contribution in [1.29, 1.82) is 0 Å². The number of aliphatic carboxylic acids is 1. The molecule has 0 heterocycles. The van der Waals surface area contributed by atoms with Crippen LogP contribution in [0.2, 0.25) is 0 Å². The van der Waals surface area contributed by atoms with Crippen LogP contribution in [0.1, 0.15) is 44.9 Å². The Hall–Kier alpha value is -1.06. The van der Waals surface area contributed by atoms with Gasteiger partial charge in [0, 0.05) is 0 Å². The first-order chi connectivity index (χ1) is 8.50. The number of hydrogen-bond donors (Lipinski definition) is 1. The van der Waals surface area contributed by atoms with Crippen molar-refractivity contribution in [3.8, 4) is 0 Å². The van der Waals surface area contributed by atoms with Crippen molar-refractivity contribution in [3.63, 3.8) is 0 Å².